The Morgan fingerprint density at radius 1 is 1.32 bits per heavy atom. The highest BCUT2D eigenvalue weighted by Crippen LogP contribution is 2.34. The van der Waals surface area contributed by atoms with Crippen LogP contribution >= 0.6 is 12.4 Å². The van der Waals surface area contributed by atoms with Crippen molar-refractivity contribution in [1.82, 2.24) is 10.6 Å². The molecule has 1 aliphatic rings. The molecule has 0 bridgehead atoms. The Hall–Kier alpha value is -0.810. The minimum Gasteiger partial charge on any atom is -0.349 e. The average Bonchev–Trinajstić information content (AvgIpc) is 2.29. The average molecular weight is 292 g/mol. The molecule has 0 aromatic heterocycles. The lowest BCUT2D eigenvalue weighted by molar-refractivity contribution is -0.128. The molecular weight excluding hydrogens is 266 g/mol. The summed E-state index contributed by atoms with van der Waals surface area (Å²) in [4.78, 5) is 23.3. The molecule has 0 saturated heterocycles. The topological polar surface area (TPSA) is 84.2 Å². The van der Waals surface area contributed by atoms with Gasteiger partial charge < -0.3 is 16.4 Å². The molecule has 1 fully saturated rings. The molecule has 0 heterocycles. The van der Waals surface area contributed by atoms with Crippen molar-refractivity contribution in [2.24, 2.45) is 11.7 Å². The van der Waals surface area contributed by atoms with Gasteiger partial charge in [0.2, 0.25) is 11.8 Å². The van der Waals surface area contributed by atoms with Crippen molar-refractivity contribution in [3.05, 3.63) is 0 Å². The molecular formula is C13H26ClN3O2. The van der Waals surface area contributed by atoms with Crippen LogP contribution in [0.25, 0.3) is 0 Å². The van der Waals surface area contributed by atoms with Gasteiger partial charge >= 0.3 is 0 Å². The van der Waals surface area contributed by atoms with E-state index in [1.54, 1.807) is 0 Å². The monoisotopic (exact) mass is 291 g/mol. The first-order valence-electron chi connectivity index (χ1n) is 6.74. The number of halogens is 1. The van der Waals surface area contributed by atoms with E-state index >= 15 is 0 Å². The highest BCUT2D eigenvalue weighted by molar-refractivity contribution is 5.87. The van der Waals surface area contributed by atoms with E-state index in [9.17, 15) is 9.59 Å². The molecule has 6 heteroatoms. The zero-order valence-corrected chi connectivity index (χ0v) is 12.8. The van der Waals surface area contributed by atoms with Gasteiger partial charge in [-0.15, -0.1) is 12.4 Å². The van der Waals surface area contributed by atoms with Crippen molar-refractivity contribution in [3.8, 4) is 0 Å². The van der Waals surface area contributed by atoms with E-state index in [4.69, 9.17) is 5.73 Å². The number of nitrogens with one attached hydrogen (secondary N) is 2. The van der Waals surface area contributed by atoms with E-state index in [1.807, 2.05) is 13.8 Å². The second kappa shape index (κ2) is 7.70. The Kier molecular flexibility index (Phi) is 7.37. The number of amides is 2. The molecule has 0 spiro atoms. The third-order valence-corrected chi connectivity index (χ3v) is 3.84. The molecule has 0 aliphatic heterocycles. The smallest absolute Gasteiger partial charge is 0.239 e. The molecule has 1 rings (SSSR count). The zero-order chi connectivity index (χ0) is 13.8. The van der Waals surface area contributed by atoms with Crippen molar-refractivity contribution in [2.45, 2.75) is 58.0 Å². The molecule has 19 heavy (non-hydrogen) atoms. The fraction of sp³-hybridized carbons (Fsp3) is 0.846. The van der Waals surface area contributed by atoms with Crippen molar-refractivity contribution in [1.29, 1.82) is 0 Å². The normalized spacial score (nSPS) is 17.9. The summed E-state index contributed by atoms with van der Waals surface area (Å²) in [5, 5.41) is 5.59. The quantitative estimate of drug-likeness (QED) is 0.681. The van der Waals surface area contributed by atoms with Crippen molar-refractivity contribution >= 4 is 24.2 Å². The number of nitrogens with two attached hydrogens (primary N) is 1. The lowest BCUT2D eigenvalue weighted by atomic mass is 9.75. The molecule has 5 nitrogen and oxygen atoms in total. The maximum Gasteiger partial charge on any atom is 0.239 e. The van der Waals surface area contributed by atoms with E-state index in [-0.39, 0.29) is 42.2 Å². The third-order valence-electron chi connectivity index (χ3n) is 3.84. The lowest BCUT2D eigenvalue weighted by Gasteiger charge is -2.42. The van der Waals surface area contributed by atoms with Crippen LogP contribution in [0.3, 0.4) is 0 Å². The molecule has 0 radical (unpaired) electrons. The van der Waals surface area contributed by atoms with E-state index in [0.29, 0.717) is 0 Å². The first kappa shape index (κ1) is 18.2. The van der Waals surface area contributed by atoms with Gasteiger partial charge in [0.05, 0.1) is 12.6 Å². The summed E-state index contributed by atoms with van der Waals surface area (Å²) in [6.07, 6.45) is 4.18. The van der Waals surface area contributed by atoms with E-state index in [0.717, 1.165) is 19.3 Å². The third kappa shape index (κ3) is 4.99. The first-order valence-corrected chi connectivity index (χ1v) is 6.74. The SMILES string of the molecule is CCC1(NC(=O)CNC(=O)[C@@H](N)C(C)C)CCC1.Cl. The number of carbonyl (C=O) groups excluding carboxylic acids is 2. The van der Waals surface area contributed by atoms with Gasteiger partial charge in [-0.1, -0.05) is 20.8 Å². The van der Waals surface area contributed by atoms with E-state index in [1.165, 1.54) is 6.42 Å². The number of carbonyl (C=O) groups is 2. The highest BCUT2D eigenvalue weighted by atomic mass is 35.5. The molecule has 0 aromatic carbocycles. The molecule has 2 amide bonds. The lowest BCUT2D eigenvalue weighted by Crippen LogP contribution is -2.56. The van der Waals surface area contributed by atoms with Crippen LogP contribution in [0, 0.1) is 5.92 Å². The van der Waals surface area contributed by atoms with Crippen LogP contribution in [-0.4, -0.2) is 29.9 Å². The Balaban J connectivity index is 0.00000324. The molecule has 1 aliphatic carbocycles. The van der Waals surface area contributed by atoms with Gasteiger partial charge in [-0.2, -0.15) is 0 Å². The standard InChI is InChI=1S/C13H25N3O2.ClH/c1-4-13(6-5-7-13)16-10(17)8-15-12(18)11(14)9(2)3;/h9,11H,4-8,14H2,1-3H3,(H,15,18)(H,16,17);1H/t11-;/m0./s1. The predicted molar refractivity (Wildman–Crippen MR) is 78.1 cm³/mol. The summed E-state index contributed by atoms with van der Waals surface area (Å²) in [6, 6.07) is -0.554. The Bertz CT molecular complexity index is 312. The summed E-state index contributed by atoms with van der Waals surface area (Å²) in [6.45, 7) is 5.85. The van der Waals surface area contributed by atoms with Gasteiger partial charge in [0, 0.05) is 5.54 Å². The van der Waals surface area contributed by atoms with Crippen LogP contribution in [0.4, 0.5) is 0 Å². The highest BCUT2D eigenvalue weighted by Gasteiger charge is 2.36. The minimum atomic E-state index is -0.554. The van der Waals surface area contributed by atoms with Gasteiger partial charge in [-0.3, -0.25) is 9.59 Å². The molecule has 112 valence electrons. The Labute approximate surface area is 121 Å². The zero-order valence-electron chi connectivity index (χ0n) is 12.0. The van der Waals surface area contributed by atoms with E-state index in [2.05, 4.69) is 17.6 Å². The maximum atomic E-state index is 11.7. The molecule has 0 aromatic rings. The fourth-order valence-electron chi connectivity index (χ4n) is 2.10. The molecule has 1 saturated carbocycles. The molecule has 1 atom stereocenters. The van der Waals surface area contributed by atoms with Crippen molar-refractivity contribution < 1.29 is 9.59 Å². The first-order chi connectivity index (χ1) is 8.40. The fourth-order valence-corrected chi connectivity index (χ4v) is 2.10. The van der Waals surface area contributed by atoms with Gasteiger partial charge in [-0.25, -0.2) is 0 Å². The van der Waals surface area contributed by atoms with Gasteiger partial charge in [-0.05, 0) is 31.6 Å². The summed E-state index contributed by atoms with van der Waals surface area (Å²) >= 11 is 0. The van der Waals surface area contributed by atoms with Crippen LogP contribution in [0.1, 0.15) is 46.5 Å². The minimum absolute atomic E-state index is 0. The summed E-state index contributed by atoms with van der Waals surface area (Å²) in [5.74, 6) is -0.318. The second-order valence-electron chi connectivity index (χ2n) is 5.52. The van der Waals surface area contributed by atoms with Crippen LogP contribution < -0.4 is 16.4 Å². The van der Waals surface area contributed by atoms with Gasteiger partial charge in [0.25, 0.3) is 0 Å². The second-order valence-corrected chi connectivity index (χ2v) is 5.52. The Morgan fingerprint density at radius 3 is 2.26 bits per heavy atom. The number of rotatable bonds is 6. The van der Waals surface area contributed by atoms with E-state index < -0.39 is 6.04 Å². The van der Waals surface area contributed by atoms with Crippen molar-refractivity contribution in [3.63, 3.8) is 0 Å². The summed E-state index contributed by atoms with van der Waals surface area (Å²) in [5.41, 5.74) is 5.67. The summed E-state index contributed by atoms with van der Waals surface area (Å²) < 4.78 is 0. The number of hydrogen-bond acceptors (Lipinski definition) is 3. The largest absolute Gasteiger partial charge is 0.349 e. The van der Waals surface area contributed by atoms with Crippen LogP contribution in [0.5, 0.6) is 0 Å². The van der Waals surface area contributed by atoms with Crippen molar-refractivity contribution in [2.75, 3.05) is 6.54 Å². The molecule has 4 N–H and O–H groups in total. The van der Waals surface area contributed by atoms with Crippen LogP contribution in [-0.2, 0) is 9.59 Å². The summed E-state index contributed by atoms with van der Waals surface area (Å²) in [7, 11) is 0. The van der Waals surface area contributed by atoms with Gasteiger partial charge in [0.1, 0.15) is 0 Å². The maximum absolute atomic E-state index is 11.7. The molecule has 0 unspecified atom stereocenters. The van der Waals surface area contributed by atoms with Crippen LogP contribution in [0.15, 0.2) is 0 Å². The number of hydrogen-bond donors (Lipinski definition) is 3. The Morgan fingerprint density at radius 2 is 1.89 bits per heavy atom. The van der Waals surface area contributed by atoms with Gasteiger partial charge in [0.15, 0.2) is 0 Å². The predicted octanol–water partition coefficient (Wildman–Crippen LogP) is 0.957. The van der Waals surface area contributed by atoms with Crippen LogP contribution in [0.2, 0.25) is 0 Å².